The van der Waals surface area contributed by atoms with Gasteiger partial charge >= 0.3 is 0 Å². The van der Waals surface area contributed by atoms with Crippen molar-refractivity contribution < 1.29 is 4.79 Å². The molecule has 2 N–H and O–H groups in total. The fourth-order valence-electron chi connectivity index (χ4n) is 2.29. The maximum atomic E-state index is 11.1. The Hall–Kier alpha value is -2.66. The number of hydrazine groups is 1. The lowest BCUT2D eigenvalue weighted by Crippen LogP contribution is -2.41. The molecule has 0 fully saturated rings. The first-order chi connectivity index (χ1) is 11.1. The zero-order valence-corrected chi connectivity index (χ0v) is 13.3. The number of nitrogens with one attached hydrogen (secondary N) is 2. The maximum absolute atomic E-state index is 11.1. The average molecular weight is 327 g/mol. The van der Waals surface area contributed by atoms with E-state index in [-0.39, 0.29) is 5.91 Å². The van der Waals surface area contributed by atoms with Gasteiger partial charge in [-0.3, -0.25) is 20.6 Å². The molecule has 0 saturated heterocycles. The van der Waals surface area contributed by atoms with E-state index in [0.717, 1.165) is 22.5 Å². The summed E-state index contributed by atoms with van der Waals surface area (Å²) in [5.41, 5.74) is 8.76. The van der Waals surface area contributed by atoms with Crippen molar-refractivity contribution in [3.63, 3.8) is 0 Å². The van der Waals surface area contributed by atoms with Gasteiger partial charge in [-0.2, -0.15) is 0 Å². The Morgan fingerprint density at radius 3 is 2.70 bits per heavy atom. The molecule has 0 aromatic heterocycles. The molecule has 0 spiro atoms. The largest absolute Gasteiger partial charge is 0.284 e. The fourth-order valence-corrected chi connectivity index (χ4v) is 2.46. The summed E-state index contributed by atoms with van der Waals surface area (Å²) in [4.78, 5) is 20.3. The van der Waals surface area contributed by atoms with Gasteiger partial charge in [-0.1, -0.05) is 41.9 Å². The van der Waals surface area contributed by atoms with Gasteiger partial charge in [0.15, 0.2) is 0 Å². The predicted molar refractivity (Wildman–Crippen MR) is 92.4 cm³/mol. The smallest absolute Gasteiger partial charge is 0.235 e. The monoisotopic (exact) mass is 326 g/mol. The minimum absolute atomic E-state index is 0.194. The van der Waals surface area contributed by atoms with Crippen molar-refractivity contribution in [3.8, 4) is 0 Å². The first-order valence-corrected chi connectivity index (χ1v) is 7.51. The molecule has 5 nitrogen and oxygen atoms in total. The minimum Gasteiger partial charge on any atom is -0.284 e. The van der Waals surface area contributed by atoms with Crippen molar-refractivity contribution in [2.75, 3.05) is 6.54 Å². The molecule has 0 unspecified atom stereocenters. The van der Waals surface area contributed by atoms with Gasteiger partial charge in [-0.25, -0.2) is 4.99 Å². The minimum atomic E-state index is -0.194. The standard InChI is InChI=1S/C17H15ClN4O/c1-11(23)21-22-16-10-19-17(12-5-3-2-4-6-12)14-9-13(18)7-8-15(14)20-16/h2-9H,10H2,1H3,(H,20,22)(H,21,23). The van der Waals surface area contributed by atoms with E-state index in [1.807, 2.05) is 42.5 Å². The van der Waals surface area contributed by atoms with Crippen molar-refractivity contribution in [2.24, 2.45) is 9.98 Å². The Morgan fingerprint density at radius 2 is 1.96 bits per heavy atom. The van der Waals surface area contributed by atoms with Crippen molar-refractivity contribution in [2.45, 2.75) is 6.92 Å². The van der Waals surface area contributed by atoms with Crippen LogP contribution >= 0.6 is 11.6 Å². The number of benzene rings is 2. The third kappa shape index (κ3) is 3.57. The lowest BCUT2D eigenvalue weighted by Gasteiger charge is -2.08. The second kappa shape index (κ2) is 6.62. The molecule has 2 aromatic rings. The van der Waals surface area contributed by atoms with Crippen LogP contribution in [-0.4, -0.2) is 24.0 Å². The Bertz CT molecular complexity index is 799. The summed E-state index contributed by atoms with van der Waals surface area (Å²) in [6.07, 6.45) is 0. The van der Waals surface area contributed by atoms with Crippen LogP contribution in [0.15, 0.2) is 58.5 Å². The summed E-state index contributed by atoms with van der Waals surface area (Å²) in [5.74, 6) is 0.371. The molecule has 0 atom stereocenters. The van der Waals surface area contributed by atoms with Gasteiger partial charge in [0.25, 0.3) is 0 Å². The number of hydrogen-bond donors (Lipinski definition) is 2. The Kier molecular flexibility index (Phi) is 4.39. The molecular formula is C17H15ClN4O. The third-order valence-electron chi connectivity index (χ3n) is 3.29. The normalized spacial score (nSPS) is 13.3. The maximum Gasteiger partial charge on any atom is 0.235 e. The summed E-state index contributed by atoms with van der Waals surface area (Å²) in [5, 5.41) is 0.626. The van der Waals surface area contributed by atoms with Crippen LogP contribution in [0.1, 0.15) is 18.1 Å². The lowest BCUT2D eigenvalue weighted by molar-refractivity contribution is -0.119. The van der Waals surface area contributed by atoms with Crippen molar-refractivity contribution in [3.05, 3.63) is 64.7 Å². The van der Waals surface area contributed by atoms with Gasteiger partial charge in [-0.05, 0) is 18.2 Å². The number of hydrogen-bond acceptors (Lipinski definition) is 4. The predicted octanol–water partition coefficient (Wildman–Crippen LogP) is 2.86. The number of halogens is 1. The molecule has 1 aliphatic rings. The number of amides is 1. The van der Waals surface area contributed by atoms with E-state index in [1.54, 1.807) is 6.07 Å². The van der Waals surface area contributed by atoms with Crippen LogP contribution in [0.2, 0.25) is 5.02 Å². The van der Waals surface area contributed by atoms with E-state index in [4.69, 9.17) is 11.6 Å². The molecule has 1 heterocycles. The summed E-state index contributed by atoms with van der Waals surface area (Å²) in [6.45, 7) is 1.76. The van der Waals surface area contributed by atoms with E-state index in [2.05, 4.69) is 20.8 Å². The van der Waals surface area contributed by atoms with Crippen LogP contribution in [-0.2, 0) is 4.79 Å². The number of aliphatic imine (C=N–C) groups is 2. The summed E-state index contributed by atoms with van der Waals surface area (Å²) in [6, 6.07) is 15.4. The summed E-state index contributed by atoms with van der Waals surface area (Å²) in [7, 11) is 0. The highest BCUT2D eigenvalue weighted by molar-refractivity contribution is 6.31. The quantitative estimate of drug-likeness (QED) is 0.791. The molecule has 6 heteroatoms. The van der Waals surface area contributed by atoms with Crippen molar-refractivity contribution in [1.82, 2.24) is 10.9 Å². The first-order valence-electron chi connectivity index (χ1n) is 7.13. The molecule has 0 aliphatic carbocycles. The lowest BCUT2D eigenvalue weighted by atomic mass is 10.0. The van der Waals surface area contributed by atoms with Gasteiger partial charge in [0.05, 0.1) is 17.9 Å². The van der Waals surface area contributed by atoms with Crippen molar-refractivity contribution in [1.29, 1.82) is 0 Å². The zero-order valence-electron chi connectivity index (χ0n) is 12.5. The molecule has 3 rings (SSSR count). The topological polar surface area (TPSA) is 65.8 Å². The van der Waals surface area contributed by atoms with E-state index >= 15 is 0 Å². The first kappa shape index (κ1) is 15.2. The average Bonchev–Trinajstić information content (AvgIpc) is 2.73. The van der Waals surface area contributed by atoms with Crippen LogP contribution in [0.25, 0.3) is 0 Å². The molecular weight excluding hydrogens is 312 g/mol. The molecule has 116 valence electrons. The molecule has 0 bridgehead atoms. The van der Waals surface area contributed by atoms with Crippen molar-refractivity contribution >= 4 is 34.7 Å². The number of amidine groups is 1. The molecule has 0 saturated carbocycles. The van der Waals surface area contributed by atoms with Gasteiger partial charge < -0.3 is 0 Å². The van der Waals surface area contributed by atoms with Crippen LogP contribution in [0.5, 0.6) is 0 Å². The molecule has 23 heavy (non-hydrogen) atoms. The number of carbonyl (C=O) groups is 1. The van der Waals surface area contributed by atoms with Crippen LogP contribution in [0, 0.1) is 0 Å². The SMILES string of the molecule is CC(=O)NNC1=Nc2ccc(Cl)cc2C(c2ccccc2)=NC1. The fraction of sp³-hybridized carbons (Fsp3) is 0.118. The number of rotatable bonds is 1. The highest BCUT2D eigenvalue weighted by Gasteiger charge is 2.16. The Labute approximate surface area is 139 Å². The van der Waals surface area contributed by atoms with Gasteiger partial charge in [0.1, 0.15) is 5.84 Å². The van der Waals surface area contributed by atoms with Crippen LogP contribution in [0.4, 0.5) is 5.69 Å². The Balaban J connectivity index is 2.05. The second-order valence-electron chi connectivity index (χ2n) is 5.06. The Morgan fingerprint density at radius 1 is 1.17 bits per heavy atom. The number of fused-ring (bicyclic) bond motifs is 1. The summed E-state index contributed by atoms with van der Waals surface area (Å²) < 4.78 is 0. The van der Waals surface area contributed by atoms with Crippen LogP contribution < -0.4 is 10.9 Å². The second-order valence-corrected chi connectivity index (χ2v) is 5.49. The highest BCUT2D eigenvalue weighted by atomic mass is 35.5. The van der Waals surface area contributed by atoms with Gasteiger partial charge in [-0.15, -0.1) is 0 Å². The zero-order chi connectivity index (χ0) is 16.2. The van der Waals surface area contributed by atoms with E-state index in [0.29, 0.717) is 17.4 Å². The van der Waals surface area contributed by atoms with Crippen LogP contribution in [0.3, 0.4) is 0 Å². The van der Waals surface area contributed by atoms with Gasteiger partial charge in [0, 0.05) is 23.1 Å². The van der Waals surface area contributed by atoms with E-state index < -0.39 is 0 Å². The molecule has 1 amide bonds. The third-order valence-corrected chi connectivity index (χ3v) is 3.52. The summed E-state index contributed by atoms with van der Waals surface area (Å²) >= 11 is 6.15. The highest BCUT2D eigenvalue weighted by Crippen LogP contribution is 2.28. The molecule has 1 aliphatic heterocycles. The number of carbonyl (C=O) groups excluding carboxylic acids is 1. The van der Waals surface area contributed by atoms with E-state index in [9.17, 15) is 4.79 Å². The number of nitrogens with zero attached hydrogens (tertiary/aromatic N) is 2. The van der Waals surface area contributed by atoms with Gasteiger partial charge in [0.2, 0.25) is 5.91 Å². The molecule has 2 aromatic carbocycles. The molecule has 0 radical (unpaired) electrons. The van der Waals surface area contributed by atoms with E-state index in [1.165, 1.54) is 6.92 Å².